The average molecular weight is 246 g/mol. The highest BCUT2D eigenvalue weighted by Gasteiger charge is 2.08. The van der Waals surface area contributed by atoms with Gasteiger partial charge in [-0.3, -0.25) is 4.72 Å². The third-order valence-electron chi connectivity index (χ3n) is 1.75. The summed E-state index contributed by atoms with van der Waals surface area (Å²) < 4.78 is 25.2. The maximum absolute atomic E-state index is 11.4. The summed E-state index contributed by atoms with van der Waals surface area (Å²) in [6, 6.07) is 7.20. The van der Waals surface area contributed by atoms with Crippen molar-refractivity contribution in [1.82, 2.24) is 0 Å². The Morgan fingerprint density at radius 3 is 2.40 bits per heavy atom. The summed E-state index contributed by atoms with van der Waals surface area (Å²) in [4.78, 5) is 1.09. The molecule has 0 saturated heterocycles. The van der Waals surface area contributed by atoms with Crippen molar-refractivity contribution in [3.8, 4) is 0 Å². The Morgan fingerprint density at radius 1 is 1.33 bits per heavy atom. The highest BCUT2D eigenvalue weighted by atomic mass is 32.2. The minimum absolute atomic E-state index is 0.0583. The topological polar surface area (TPSA) is 72.2 Å². The number of hydrogen-bond donors (Lipinski definition) is 2. The summed E-state index contributed by atoms with van der Waals surface area (Å²) in [6.07, 6.45) is 1.97. The summed E-state index contributed by atoms with van der Waals surface area (Å²) in [5, 5.41) is 0. The fourth-order valence-corrected chi connectivity index (χ4v) is 2.36. The molecule has 1 aromatic rings. The molecule has 0 fully saturated rings. The number of anilines is 1. The zero-order chi connectivity index (χ0) is 11.3. The molecule has 0 aliphatic carbocycles. The lowest BCUT2D eigenvalue weighted by Gasteiger charge is -2.06. The van der Waals surface area contributed by atoms with Gasteiger partial charge in [0.25, 0.3) is 0 Å². The molecule has 0 bridgehead atoms. The van der Waals surface area contributed by atoms with Crippen LogP contribution >= 0.6 is 11.8 Å². The van der Waals surface area contributed by atoms with Gasteiger partial charge in [-0.1, -0.05) is 0 Å². The van der Waals surface area contributed by atoms with Gasteiger partial charge in [0, 0.05) is 17.1 Å². The average Bonchev–Trinajstić information content (AvgIpc) is 2.18. The smallest absolute Gasteiger partial charge is 0.233 e. The molecule has 0 aliphatic rings. The van der Waals surface area contributed by atoms with E-state index >= 15 is 0 Å². The van der Waals surface area contributed by atoms with E-state index in [9.17, 15) is 8.42 Å². The first-order valence-electron chi connectivity index (χ1n) is 4.42. The van der Waals surface area contributed by atoms with Crippen molar-refractivity contribution in [3.05, 3.63) is 24.3 Å². The van der Waals surface area contributed by atoms with Gasteiger partial charge in [-0.05, 0) is 30.5 Å². The molecule has 0 unspecified atom stereocenters. The highest BCUT2D eigenvalue weighted by molar-refractivity contribution is 7.98. The molecule has 0 saturated carbocycles. The molecule has 6 heteroatoms. The largest absolute Gasteiger partial charge is 0.329 e. The van der Waals surface area contributed by atoms with Crippen LogP contribution in [0, 0.1) is 0 Å². The van der Waals surface area contributed by atoms with Gasteiger partial charge in [0.2, 0.25) is 10.0 Å². The van der Waals surface area contributed by atoms with Crippen molar-refractivity contribution in [1.29, 1.82) is 0 Å². The van der Waals surface area contributed by atoms with Gasteiger partial charge in [0.05, 0.1) is 5.75 Å². The molecule has 0 radical (unpaired) electrons. The molecule has 0 heterocycles. The number of nitrogens with two attached hydrogens (primary N) is 1. The van der Waals surface area contributed by atoms with Crippen LogP contribution in [0.2, 0.25) is 0 Å². The molecule has 84 valence electrons. The molecule has 0 aromatic heterocycles. The molecule has 0 aliphatic heterocycles. The second-order valence-corrected chi connectivity index (χ2v) is 5.66. The Bertz CT molecular complexity index is 401. The summed E-state index contributed by atoms with van der Waals surface area (Å²) >= 11 is 1.61. The van der Waals surface area contributed by atoms with E-state index in [-0.39, 0.29) is 12.3 Å². The molecule has 1 rings (SSSR count). The van der Waals surface area contributed by atoms with Gasteiger partial charge in [-0.15, -0.1) is 11.8 Å². The van der Waals surface area contributed by atoms with E-state index in [1.54, 1.807) is 23.9 Å². The van der Waals surface area contributed by atoms with Crippen LogP contribution in [0.1, 0.15) is 0 Å². The fourth-order valence-electron chi connectivity index (χ4n) is 1.04. The first-order chi connectivity index (χ1) is 7.07. The van der Waals surface area contributed by atoms with Gasteiger partial charge in [-0.25, -0.2) is 8.42 Å². The van der Waals surface area contributed by atoms with Crippen molar-refractivity contribution >= 4 is 27.5 Å². The van der Waals surface area contributed by atoms with Crippen LogP contribution in [-0.2, 0) is 10.0 Å². The zero-order valence-electron chi connectivity index (χ0n) is 8.43. The van der Waals surface area contributed by atoms with E-state index in [0.717, 1.165) is 4.90 Å². The minimum atomic E-state index is -3.29. The summed E-state index contributed by atoms with van der Waals surface area (Å²) in [5.41, 5.74) is 5.76. The highest BCUT2D eigenvalue weighted by Crippen LogP contribution is 2.18. The predicted molar refractivity (Wildman–Crippen MR) is 64.7 cm³/mol. The molecular weight excluding hydrogens is 232 g/mol. The molecule has 0 spiro atoms. The lowest BCUT2D eigenvalue weighted by atomic mass is 10.3. The third kappa shape index (κ3) is 4.11. The second-order valence-electron chi connectivity index (χ2n) is 2.94. The van der Waals surface area contributed by atoms with Crippen LogP contribution in [0.25, 0.3) is 0 Å². The third-order valence-corrected chi connectivity index (χ3v) is 3.81. The normalized spacial score (nSPS) is 11.3. The summed E-state index contributed by atoms with van der Waals surface area (Å²) in [7, 11) is -3.29. The molecule has 1 aromatic carbocycles. The quantitative estimate of drug-likeness (QED) is 0.763. The monoisotopic (exact) mass is 246 g/mol. The molecule has 15 heavy (non-hydrogen) atoms. The van der Waals surface area contributed by atoms with Crippen molar-refractivity contribution in [2.24, 2.45) is 5.73 Å². The second kappa shape index (κ2) is 5.39. The Labute approximate surface area is 94.3 Å². The van der Waals surface area contributed by atoms with Crippen LogP contribution in [0.5, 0.6) is 0 Å². The number of sulfonamides is 1. The van der Waals surface area contributed by atoms with E-state index in [1.165, 1.54) is 0 Å². The maximum Gasteiger partial charge on any atom is 0.233 e. The summed E-state index contributed by atoms with van der Waals surface area (Å²) in [6.45, 7) is 0.123. The number of rotatable bonds is 5. The van der Waals surface area contributed by atoms with Crippen LogP contribution in [-0.4, -0.2) is 27.0 Å². The Kier molecular flexibility index (Phi) is 4.44. The van der Waals surface area contributed by atoms with Gasteiger partial charge in [0.1, 0.15) is 0 Å². The van der Waals surface area contributed by atoms with Gasteiger partial charge in [0.15, 0.2) is 0 Å². The van der Waals surface area contributed by atoms with E-state index < -0.39 is 10.0 Å². The zero-order valence-corrected chi connectivity index (χ0v) is 10.1. The van der Waals surface area contributed by atoms with Crippen molar-refractivity contribution in [2.75, 3.05) is 23.3 Å². The van der Waals surface area contributed by atoms with E-state index in [4.69, 9.17) is 5.73 Å². The van der Waals surface area contributed by atoms with E-state index in [1.807, 2.05) is 18.4 Å². The fraction of sp³-hybridized carbons (Fsp3) is 0.333. The number of benzene rings is 1. The van der Waals surface area contributed by atoms with Gasteiger partial charge >= 0.3 is 0 Å². The SMILES string of the molecule is CSc1ccc(NS(=O)(=O)CCN)cc1. The number of thioether (sulfide) groups is 1. The Balaban J connectivity index is 2.73. The van der Waals surface area contributed by atoms with E-state index in [0.29, 0.717) is 5.69 Å². The Hall–Kier alpha value is -0.720. The van der Waals surface area contributed by atoms with Gasteiger partial charge in [-0.2, -0.15) is 0 Å². The van der Waals surface area contributed by atoms with Gasteiger partial charge < -0.3 is 5.73 Å². The molecule has 0 amide bonds. The van der Waals surface area contributed by atoms with Crippen LogP contribution in [0.3, 0.4) is 0 Å². The minimum Gasteiger partial charge on any atom is -0.329 e. The van der Waals surface area contributed by atoms with E-state index in [2.05, 4.69) is 4.72 Å². The first kappa shape index (κ1) is 12.4. The number of nitrogens with one attached hydrogen (secondary N) is 1. The maximum atomic E-state index is 11.4. The van der Waals surface area contributed by atoms with Crippen LogP contribution < -0.4 is 10.5 Å². The lowest BCUT2D eigenvalue weighted by molar-refractivity contribution is 0.601. The lowest BCUT2D eigenvalue weighted by Crippen LogP contribution is -2.22. The number of hydrogen-bond acceptors (Lipinski definition) is 4. The van der Waals surface area contributed by atoms with Crippen LogP contribution in [0.4, 0.5) is 5.69 Å². The molecule has 4 nitrogen and oxygen atoms in total. The van der Waals surface area contributed by atoms with Crippen LogP contribution in [0.15, 0.2) is 29.2 Å². The predicted octanol–water partition coefficient (Wildman–Crippen LogP) is 1.11. The Morgan fingerprint density at radius 2 is 1.93 bits per heavy atom. The standard InChI is InChI=1S/C9H14N2O2S2/c1-14-9-4-2-8(3-5-9)11-15(12,13)7-6-10/h2-5,11H,6-7,10H2,1H3. The molecular formula is C9H14N2O2S2. The summed E-state index contributed by atoms with van der Waals surface area (Å²) in [5.74, 6) is -0.0583. The van der Waals surface area contributed by atoms with Crippen molar-refractivity contribution < 1.29 is 8.42 Å². The molecule has 3 N–H and O–H groups in total. The van der Waals surface area contributed by atoms with Crippen molar-refractivity contribution in [2.45, 2.75) is 4.90 Å². The molecule has 0 atom stereocenters. The van der Waals surface area contributed by atoms with Crippen molar-refractivity contribution in [3.63, 3.8) is 0 Å². The first-order valence-corrected chi connectivity index (χ1v) is 7.30.